The monoisotopic (exact) mass is 416 g/mol. The van der Waals surface area contributed by atoms with Crippen LogP contribution in [0, 0.1) is 0 Å². The molecule has 0 spiro atoms. The van der Waals surface area contributed by atoms with E-state index < -0.39 is 42.6 Å². The summed E-state index contributed by atoms with van der Waals surface area (Å²) in [7, 11) is -5.17. The molecule has 0 aliphatic carbocycles. The van der Waals surface area contributed by atoms with Crippen LogP contribution in [0.5, 0.6) is 0 Å². The molecule has 3 nitrogen and oxygen atoms in total. The zero-order valence-corrected chi connectivity index (χ0v) is 14.1. The molecule has 1 N–H and O–H groups in total. The van der Waals surface area contributed by atoms with Gasteiger partial charge in [0, 0.05) is 0 Å². The standard InChI is InChI=1S/C16H12F7O3P/c17-14(18,15(19,20)16(21,22)23)13(11-7-3-1-4-8-11)26-27(24,25)12-9-5-2-6-10-12/h1-10,13H,(H,24,25)/t13-/m1/s1. The SMILES string of the molecule is O=P(O)(O[C@H](c1ccccc1)C(F)(F)C(F)(F)C(F)(F)F)c1ccccc1. The van der Waals surface area contributed by atoms with E-state index in [1.54, 1.807) is 0 Å². The third-order valence-corrected chi connectivity index (χ3v) is 4.98. The molecule has 0 heterocycles. The highest BCUT2D eigenvalue weighted by atomic mass is 31.2. The van der Waals surface area contributed by atoms with Crippen LogP contribution in [0.3, 0.4) is 0 Å². The number of hydrogen-bond donors (Lipinski definition) is 1. The van der Waals surface area contributed by atoms with Gasteiger partial charge < -0.3 is 4.89 Å². The van der Waals surface area contributed by atoms with Gasteiger partial charge in [-0.25, -0.2) is 0 Å². The molecule has 0 saturated carbocycles. The van der Waals surface area contributed by atoms with Gasteiger partial charge in [0.05, 0.1) is 5.30 Å². The molecular weight excluding hydrogens is 404 g/mol. The van der Waals surface area contributed by atoms with Crippen LogP contribution in [-0.4, -0.2) is 22.9 Å². The summed E-state index contributed by atoms with van der Waals surface area (Å²) in [4.78, 5) is 9.92. The van der Waals surface area contributed by atoms with Gasteiger partial charge in [0.25, 0.3) is 0 Å². The lowest BCUT2D eigenvalue weighted by Gasteiger charge is -2.34. The highest BCUT2D eigenvalue weighted by Crippen LogP contribution is 2.57. The summed E-state index contributed by atoms with van der Waals surface area (Å²) in [6.07, 6.45) is -9.95. The second kappa shape index (κ2) is 7.26. The fraction of sp³-hybridized carbons (Fsp3) is 0.250. The predicted octanol–water partition coefficient (Wildman–Crippen LogP) is 5.09. The maximum absolute atomic E-state index is 14.3. The van der Waals surface area contributed by atoms with E-state index in [-0.39, 0.29) is 0 Å². The highest BCUT2D eigenvalue weighted by molar-refractivity contribution is 7.61. The largest absolute Gasteiger partial charge is 0.459 e. The van der Waals surface area contributed by atoms with E-state index in [1.165, 1.54) is 24.3 Å². The maximum Gasteiger partial charge on any atom is 0.459 e. The second-order valence-electron chi connectivity index (χ2n) is 5.45. The number of alkyl halides is 7. The first-order valence-corrected chi connectivity index (χ1v) is 8.82. The fourth-order valence-corrected chi connectivity index (χ4v) is 3.35. The van der Waals surface area contributed by atoms with Gasteiger partial charge in [-0.05, 0) is 17.7 Å². The summed E-state index contributed by atoms with van der Waals surface area (Å²) < 4.78 is 110. The van der Waals surface area contributed by atoms with Gasteiger partial charge in [0.2, 0.25) is 0 Å². The van der Waals surface area contributed by atoms with Crippen molar-refractivity contribution in [1.82, 2.24) is 0 Å². The van der Waals surface area contributed by atoms with Crippen molar-refractivity contribution < 1.29 is 44.7 Å². The van der Waals surface area contributed by atoms with E-state index in [0.29, 0.717) is 0 Å². The van der Waals surface area contributed by atoms with E-state index in [9.17, 15) is 40.2 Å². The van der Waals surface area contributed by atoms with E-state index in [0.717, 1.165) is 36.4 Å². The lowest BCUT2D eigenvalue weighted by atomic mass is 9.98. The van der Waals surface area contributed by atoms with Gasteiger partial charge >= 0.3 is 25.6 Å². The van der Waals surface area contributed by atoms with Crippen LogP contribution in [0.2, 0.25) is 0 Å². The minimum Gasteiger partial charge on any atom is -0.321 e. The van der Waals surface area contributed by atoms with Gasteiger partial charge in [-0.3, -0.25) is 9.09 Å². The van der Waals surface area contributed by atoms with Gasteiger partial charge in [-0.1, -0.05) is 48.5 Å². The minimum absolute atomic E-state index is 0.544. The molecule has 0 aliphatic heterocycles. The van der Waals surface area contributed by atoms with Crippen LogP contribution in [0.25, 0.3) is 0 Å². The Labute approximate surface area is 148 Å². The van der Waals surface area contributed by atoms with Crippen LogP contribution in [0.1, 0.15) is 11.7 Å². The van der Waals surface area contributed by atoms with Crippen LogP contribution in [0.4, 0.5) is 30.7 Å². The molecule has 0 fully saturated rings. The third kappa shape index (κ3) is 4.17. The average molecular weight is 416 g/mol. The molecule has 0 radical (unpaired) electrons. The first-order valence-electron chi connectivity index (χ1n) is 7.25. The number of halogens is 7. The van der Waals surface area contributed by atoms with Crippen molar-refractivity contribution in [3.63, 3.8) is 0 Å². The molecule has 0 aromatic heterocycles. The molecule has 2 rings (SSSR count). The molecule has 11 heteroatoms. The molecule has 2 aromatic carbocycles. The quantitative estimate of drug-likeness (QED) is 0.527. The van der Waals surface area contributed by atoms with Gasteiger partial charge in [-0.2, -0.15) is 30.7 Å². The number of hydrogen-bond acceptors (Lipinski definition) is 2. The smallest absolute Gasteiger partial charge is 0.321 e. The van der Waals surface area contributed by atoms with Gasteiger partial charge in [0.1, 0.15) is 0 Å². The van der Waals surface area contributed by atoms with Crippen LogP contribution >= 0.6 is 7.60 Å². The zero-order valence-electron chi connectivity index (χ0n) is 13.2. The number of rotatable bonds is 6. The zero-order chi connectivity index (χ0) is 20.5. The molecule has 27 heavy (non-hydrogen) atoms. The van der Waals surface area contributed by atoms with Crippen LogP contribution in [0.15, 0.2) is 60.7 Å². The molecule has 0 amide bonds. The van der Waals surface area contributed by atoms with E-state index >= 15 is 0 Å². The molecular formula is C16H12F7O3P. The van der Waals surface area contributed by atoms with E-state index in [1.807, 2.05) is 0 Å². The van der Waals surface area contributed by atoms with Gasteiger partial charge in [-0.15, -0.1) is 0 Å². The molecule has 2 aromatic rings. The van der Waals surface area contributed by atoms with Crippen molar-refractivity contribution in [3.05, 3.63) is 66.2 Å². The average Bonchev–Trinajstić information content (AvgIpc) is 2.60. The summed E-state index contributed by atoms with van der Waals surface area (Å²) in [5.41, 5.74) is -0.823. The van der Waals surface area contributed by atoms with Crippen LogP contribution < -0.4 is 5.30 Å². The topological polar surface area (TPSA) is 46.5 Å². The summed E-state index contributed by atoms with van der Waals surface area (Å²) in [6, 6.07) is 10.9. The maximum atomic E-state index is 14.3. The molecule has 0 bridgehead atoms. The Hall–Kier alpha value is -1.90. The van der Waals surface area contributed by atoms with E-state index in [2.05, 4.69) is 4.52 Å². The minimum atomic E-state index is -6.61. The lowest BCUT2D eigenvalue weighted by molar-refractivity contribution is -0.370. The molecule has 0 saturated heterocycles. The Balaban J connectivity index is 2.55. The molecule has 148 valence electrons. The van der Waals surface area contributed by atoms with Crippen molar-refractivity contribution in [2.45, 2.75) is 24.1 Å². The highest BCUT2D eigenvalue weighted by Gasteiger charge is 2.76. The van der Waals surface area contributed by atoms with Crippen molar-refractivity contribution in [3.8, 4) is 0 Å². The summed E-state index contributed by atoms with van der Waals surface area (Å²) in [5, 5.41) is -0.544. The first-order chi connectivity index (χ1) is 12.3. The first kappa shape index (κ1) is 21.4. The predicted molar refractivity (Wildman–Crippen MR) is 82.1 cm³/mol. The molecule has 2 atom stereocenters. The Kier molecular flexibility index (Phi) is 5.75. The van der Waals surface area contributed by atoms with Crippen molar-refractivity contribution in [1.29, 1.82) is 0 Å². The molecule has 0 aliphatic rings. The normalized spacial score (nSPS) is 16.6. The lowest BCUT2D eigenvalue weighted by Crippen LogP contribution is -2.55. The Bertz CT molecular complexity index is 810. The van der Waals surface area contributed by atoms with Crippen molar-refractivity contribution in [2.24, 2.45) is 0 Å². The Morgan fingerprint density at radius 2 is 1.26 bits per heavy atom. The second-order valence-corrected chi connectivity index (χ2v) is 7.22. The Morgan fingerprint density at radius 3 is 1.70 bits per heavy atom. The van der Waals surface area contributed by atoms with Gasteiger partial charge in [0.15, 0.2) is 6.10 Å². The van der Waals surface area contributed by atoms with E-state index in [4.69, 9.17) is 0 Å². The summed E-state index contributed by atoms with van der Waals surface area (Å²) in [6.45, 7) is 0. The third-order valence-electron chi connectivity index (χ3n) is 3.54. The van der Waals surface area contributed by atoms with Crippen molar-refractivity contribution in [2.75, 3.05) is 0 Å². The Morgan fingerprint density at radius 1 is 0.815 bits per heavy atom. The van der Waals surface area contributed by atoms with Crippen LogP contribution in [-0.2, 0) is 9.09 Å². The van der Waals surface area contributed by atoms with Crippen molar-refractivity contribution >= 4 is 12.9 Å². The summed E-state index contributed by atoms with van der Waals surface area (Å²) in [5.74, 6) is -12.4. The molecule has 1 unspecified atom stereocenters. The number of benzene rings is 2. The fourth-order valence-electron chi connectivity index (χ4n) is 2.14. The summed E-state index contributed by atoms with van der Waals surface area (Å²) >= 11 is 0.